The maximum Gasteiger partial charge on any atom is 0.123 e. The van der Waals surface area contributed by atoms with E-state index in [4.69, 9.17) is 15.2 Å². The molecule has 0 amide bonds. The van der Waals surface area contributed by atoms with Crippen LogP contribution in [0.25, 0.3) is 0 Å². The van der Waals surface area contributed by atoms with Gasteiger partial charge in [-0.25, -0.2) is 4.39 Å². The summed E-state index contributed by atoms with van der Waals surface area (Å²) in [7, 11) is 3.07. The Kier molecular flexibility index (Phi) is 3.71. The Morgan fingerprint density at radius 1 is 1.36 bits per heavy atom. The van der Waals surface area contributed by atoms with Crippen LogP contribution in [-0.2, 0) is 0 Å². The highest BCUT2D eigenvalue weighted by molar-refractivity contribution is 5.42. The van der Waals surface area contributed by atoms with E-state index >= 15 is 0 Å². The van der Waals surface area contributed by atoms with Crippen molar-refractivity contribution in [3.05, 3.63) is 23.8 Å². The van der Waals surface area contributed by atoms with E-state index in [1.165, 1.54) is 7.11 Å². The van der Waals surface area contributed by atoms with Crippen molar-refractivity contribution in [1.82, 2.24) is 0 Å². The molecular formula is C10H14FNO2. The fourth-order valence-corrected chi connectivity index (χ4v) is 1.21. The third-order valence-corrected chi connectivity index (χ3v) is 2.00. The van der Waals surface area contributed by atoms with Gasteiger partial charge in [0.2, 0.25) is 0 Å². The molecule has 1 aromatic rings. The van der Waals surface area contributed by atoms with Crippen molar-refractivity contribution in [3.8, 4) is 11.5 Å². The summed E-state index contributed by atoms with van der Waals surface area (Å²) in [6.45, 7) is -0.622. The Morgan fingerprint density at radius 2 is 2.07 bits per heavy atom. The van der Waals surface area contributed by atoms with E-state index in [0.29, 0.717) is 17.1 Å². The average Bonchev–Trinajstić information content (AvgIpc) is 2.27. The predicted octanol–water partition coefficient (Wildman–Crippen LogP) is 1.67. The Labute approximate surface area is 82.6 Å². The van der Waals surface area contributed by atoms with Gasteiger partial charge in [0.05, 0.1) is 20.3 Å². The minimum atomic E-state index is -0.667. The molecule has 1 aromatic carbocycles. The summed E-state index contributed by atoms with van der Waals surface area (Å²) < 4.78 is 22.5. The van der Waals surface area contributed by atoms with Crippen LogP contribution in [0, 0.1) is 0 Å². The van der Waals surface area contributed by atoms with Gasteiger partial charge in [-0.3, -0.25) is 0 Å². The summed E-state index contributed by atoms with van der Waals surface area (Å²) in [5, 5.41) is 0. The Balaban J connectivity index is 3.08. The summed E-state index contributed by atoms with van der Waals surface area (Å²) in [6.07, 6.45) is 0. The highest BCUT2D eigenvalue weighted by Gasteiger charge is 2.12. The van der Waals surface area contributed by atoms with E-state index in [-0.39, 0.29) is 0 Å². The van der Waals surface area contributed by atoms with E-state index in [9.17, 15) is 4.39 Å². The summed E-state index contributed by atoms with van der Waals surface area (Å²) in [5.74, 6) is 1.22. The monoisotopic (exact) mass is 199 g/mol. The molecule has 0 aromatic heterocycles. The van der Waals surface area contributed by atoms with Crippen LogP contribution in [-0.4, -0.2) is 20.9 Å². The zero-order chi connectivity index (χ0) is 10.6. The van der Waals surface area contributed by atoms with E-state index < -0.39 is 12.7 Å². The molecule has 0 aliphatic rings. The molecule has 0 radical (unpaired) electrons. The van der Waals surface area contributed by atoms with Gasteiger partial charge in [0.25, 0.3) is 0 Å². The number of methoxy groups -OCH3 is 2. The molecule has 2 N–H and O–H groups in total. The second-order valence-electron chi connectivity index (χ2n) is 2.87. The third kappa shape index (κ3) is 2.14. The number of halogens is 1. The molecule has 14 heavy (non-hydrogen) atoms. The first kappa shape index (κ1) is 10.8. The number of rotatable bonds is 4. The van der Waals surface area contributed by atoms with Gasteiger partial charge < -0.3 is 15.2 Å². The number of ether oxygens (including phenoxy) is 2. The zero-order valence-electron chi connectivity index (χ0n) is 8.29. The molecule has 0 aliphatic carbocycles. The van der Waals surface area contributed by atoms with E-state index in [1.807, 2.05) is 0 Å². The molecule has 1 atom stereocenters. The molecule has 3 nitrogen and oxygen atoms in total. The fourth-order valence-electron chi connectivity index (χ4n) is 1.21. The van der Waals surface area contributed by atoms with E-state index in [2.05, 4.69) is 0 Å². The van der Waals surface area contributed by atoms with Crippen molar-refractivity contribution in [1.29, 1.82) is 0 Å². The smallest absolute Gasteiger partial charge is 0.123 e. The minimum absolute atomic E-state index is 0.580. The Bertz CT molecular complexity index is 304. The number of hydrogen-bond donors (Lipinski definition) is 1. The van der Waals surface area contributed by atoms with Gasteiger partial charge in [-0.2, -0.15) is 0 Å². The van der Waals surface area contributed by atoms with Gasteiger partial charge >= 0.3 is 0 Å². The normalized spacial score (nSPS) is 12.3. The van der Waals surface area contributed by atoms with Crippen LogP contribution >= 0.6 is 0 Å². The highest BCUT2D eigenvalue weighted by atomic mass is 19.1. The Hall–Kier alpha value is -1.29. The number of benzene rings is 1. The van der Waals surface area contributed by atoms with Gasteiger partial charge in [-0.15, -0.1) is 0 Å². The molecule has 0 aliphatic heterocycles. The zero-order valence-corrected chi connectivity index (χ0v) is 8.29. The van der Waals surface area contributed by atoms with Crippen LogP contribution in [0.2, 0.25) is 0 Å². The minimum Gasteiger partial charge on any atom is -0.497 e. The van der Waals surface area contributed by atoms with Crippen molar-refractivity contribution in [2.75, 3.05) is 20.9 Å². The number of nitrogens with two attached hydrogens (primary N) is 1. The molecular weight excluding hydrogens is 185 g/mol. The maximum absolute atomic E-state index is 12.4. The molecule has 1 unspecified atom stereocenters. The van der Waals surface area contributed by atoms with Crippen LogP contribution < -0.4 is 15.2 Å². The van der Waals surface area contributed by atoms with Crippen molar-refractivity contribution < 1.29 is 13.9 Å². The van der Waals surface area contributed by atoms with Crippen LogP contribution in [0.5, 0.6) is 11.5 Å². The third-order valence-electron chi connectivity index (χ3n) is 2.00. The SMILES string of the molecule is COc1ccc(OC)c(C(N)CF)c1. The molecule has 0 heterocycles. The van der Waals surface area contributed by atoms with Crippen LogP contribution in [0.4, 0.5) is 4.39 Å². The second-order valence-corrected chi connectivity index (χ2v) is 2.87. The van der Waals surface area contributed by atoms with E-state index in [1.54, 1.807) is 25.3 Å². The lowest BCUT2D eigenvalue weighted by atomic mass is 10.1. The molecule has 1 rings (SSSR count). The molecule has 0 saturated carbocycles. The van der Waals surface area contributed by atoms with Crippen LogP contribution in [0.15, 0.2) is 18.2 Å². The topological polar surface area (TPSA) is 44.5 Å². The van der Waals surface area contributed by atoms with Gasteiger partial charge in [0.15, 0.2) is 0 Å². The first-order valence-electron chi connectivity index (χ1n) is 4.26. The maximum atomic E-state index is 12.4. The molecule has 0 spiro atoms. The summed E-state index contributed by atoms with van der Waals surface area (Å²) in [5.41, 5.74) is 6.20. The lowest BCUT2D eigenvalue weighted by Crippen LogP contribution is -2.13. The van der Waals surface area contributed by atoms with Gasteiger partial charge in [0.1, 0.15) is 18.2 Å². The first-order chi connectivity index (χ1) is 6.72. The van der Waals surface area contributed by atoms with Crippen molar-refractivity contribution in [3.63, 3.8) is 0 Å². The van der Waals surface area contributed by atoms with Crippen molar-refractivity contribution in [2.45, 2.75) is 6.04 Å². The predicted molar refractivity (Wildman–Crippen MR) is 52.4 cm³/mol. The largest absolute Gasteiger partial charge is 0.497 e. The lowest BCUT2D eigenvalue weighted by Gasteiger charge is -2.13. The standard InChI is InChI=1S/C10H14FNO2/c1-13-7-3-4-10(14-2)8(5-7)9(12)6-11/h3-5,9H,6,12H2,1-2H3. The van der Waals surface area contributed by atoms with Crippen molar-refractivity contribution in [2.24, 2.45) is 5.73 Å². The number of hydrogen-bond acceptors (Lipinski definition) is 3. The average molecular weight is 199 g/mol. The number of alkyl halides is 1. The molecule has 0 fully saturated rings. The van der Waals surface area contributed by atoms with Crippen LogP contribution in [0.3, 0.4) is 0 Å². The summed E-state index contributed by atoms with van der Waals surface area (Å²) in [4.78, 5) is 0. The first-order valence-corrected chi connectivity index (χ1v) is 4.26. The molecule has 0 bridgehead atoms. The van der Waals surface area contributed by atoms with Crippen LogP contribution in [0.1, 0.15) is 11.6 Å². The fraction of sp³-hybridized carbons (Fsp3) is 0.400. The summed E-state index contributed by atoms with van der Waals surface area (Å²) in [6, 6.07) is 4.47. The Morgan fingerprint density at radius 3 is 2.57 bits per heavy atom. The molecule has 4 heteroatoms. The van der Waals surface area contributed by atoms with Gasteiger partial charge in [0, 0.05) is 5.56 Å². The lowest BCUT2D eigenvalue weighted by molar-refractivity contribution is 0.382. The van der Waals surface area contributed by atoms with Crippen molar-refractivity contribution >= 4 is 0 Å². The summed E-state index contributed by atoms with van der Waals surface area (Å²) >= 11 is 0. The second kappa shape index (κ2) is 4.81. The quantitative estimate of drug-likeness (QED) is 0.802. The van der Waals surface area contributed by atoms with Gasteiger partial charge in [-0.1, -0.05) is 0 Å². The highest BCUT2D eigenvalue weighted by Crippen LogP contribution is 2.28. The van der Waals surface area contributed by atoms with E-state index in [0.717, 1.165) is 0 Å². The molecule has 0 saturated heterocycles. The van der Waals surface area contributed by atoms with Gasteiger partial charge in [-0.05, 0) is 18.2 Å². The molecule has 78 valence electrons.